The lowest BCUT2D eigenvalue weighted by atomic mass is 10.3. The van der Waals surface area contributed by atoms with Crippen LogP contribution in [0.4, 0.5) is 0 Å². The number of hydrogen-bond acceptors (Lipinski definition) is 2. The van der Waals surface area contributed by atoms with E-state index in [4.69, 9.17) is 0 Å². The minimum Gasteiger partial charge on any atom is -0.387 e. The molecule has 0 fully saturated rings. The summed E-state index contributed by atoms with van der Waals surface area (Å²) in [5, 5.41) is 0. The van der Waals surface area contributed by atoms with Gasteiger partial charge in [-0.05, 0) is 6.08 Å². The molecule has 1 heterocycles. The molecule has 0 aromatic heterocycles. The van der Waals surface area contributed by atoms with Gasteiger partial charge in [-0.15, -0.1) is 0 Å². The third-order valence-electron chi connectivity index (χ3n) is 0.870. The lowest BCUT2D eigenvalue weighted by molar-refractivity contribution is -0.128. The van der Waals surface area contributed by atoms with Gasteiger partial charge in [0.25, 0.3) is 5.91 Å². The van der Waals surface area contributed by atoms with E-state index < -0.39 is 0 Å². The highest BCUT2D eigenvalue weighted by Crippen LogP contribution is 1.88. The molecule has 1 aliphatic rings. The predicted octanol–water partition coefficient (Wildman–Crippen LogP) is 0.508. The van der Waals surface area contributed by atoms with E-state index in [1.165, 1.54) is 6.26 Å². The van der Waals surface area contributed by atoms with Crippen LogP contribution in [0.15, 0.2) is 24.5 Å². The Morgan fingerprint density at radius 3 is 3.33 bits per heavy atom. The van der Waals surface area contributed by atoms with Crippen LogP contribution < -0.4 is 5.48 Å². The molecule has 1 aliphatic heterocycles. The van der Waals surface area contributed by atoms with Crippen molar-refractivity contribution >= 4 is 5.91 Å². The molecule has 0 aromatic carbocycles. The van der Waals surface area contributed by atoms with Crippen LogP contribution in [0.5, 0.6) is 0 Å². The summed E-state index contributed by atoms with van der Waals surface area (Å²) >= 11 is 0. The van der Waals surface area contributed by atoms with Crippen LogP contribution in [0.25, 0.3) is 0 Å². The van der Waals surface area contributed by atoms with E-state index in [2.05, 4.69) is 10.3 Å². The van der Waals surface area contributed by atoms with Crippen LogP contribution in [-0.2, 0) is 9.63 Å². The topological polar surface area (TPSA) is 38.3 Å². The lowest BCUT2D eigenvalue weighted by Crippen LogP contribution is -2.20. The Bertz CT molecular complexity index is 160. The summed E-state index contributed by atoms with van der Waals surface area (Å²) in [5.74, 6) is -0.129. The van der Waals surface area contributed by atoms with E-state index in [9.17, 15) is 4.79 Å². The molecular weight excluding hydrogens is 118 g/mol. The number of carbonyl (C=O) groups is 1. The highest BCUT2D eigenvalue weighted by Gasteiger charge is 1.95. The normalized spacial score (nSPS) is 24.7. The van der Waals surface area contributed by atoms with Gasteiger partial charge >= 0.3 is 0 Å². The molecule has 3 nitrogen and oxygen atoms in total. The van der Waals surface area contributed by atoms with Crippen LogP contribution >= 0.6 is 0 Å². The summed E-state index contributed by atoms with van der Waals surface area (Å²) in [7, 11) is 0. The Hall–Kier alpha value is -1.25. The number of rotatable bonds is 0. The van der Waals surface area contributed by atoms with Gasteiger partial charge in [0, 0.05) is 6.42 Å². The summed E-state index contributed by atoms with van der Waals surface area (Å²) in [6, 6.07) is 0. The second-order valence-electron chi connectivity index (χ2n) is 1.60. The molecule has 1 N–H and O–H groups in total. The third kappa shape index (κ3) is 1.99. The van der Waals surface area contributed by atoms with Crippen molar-refractivity contribution in [3.8, 4) is 0 Å². The van der Waals surface area contributed by atoms with Gasteiger partial charge in [-0.2, -0.15) is 5.48 Å². The summed E-state index contributed by atoms with van der Waals surface area (Å²) in [5.41, 5.74) is 2.21. The Morgan fingerprint density at radius 1 is 1.56 bits per heavy atom. The largest absolute Gasteiger partial charge is 0.387 e. The fourth-order valence-corrected chi connectivity index (χ4v) is 0.480. The zero-order valence-electron chi connectivity index (χ0n) is 4.83. The van der Waals surface area contributed by atoms with Crippen molar-refractivity contribution in [1.29, 1.82) is 0 Å². The molecule has 1 amide bonds. The van der Waals surface area contributed by atoms with Crippen LogP contribution in [-0.4, -0.2) is 5.91 Å². The molecule has 9 heavy (non-hydrogen) atoms. The Balaban J connectivity index is 2.50. The predicted molar refractivity (Wildman–Crippen MR) is 32.1 cm³/mol. The number of hydrogen-bond donors (Lipinski definition) is 1. The van der Waals surface area contributed by atoms with Gasteiger partial charge in [0.05, 0.1) is 0 Å². The van der Waals surface area contributed by atoms with Gasteiger partial charge < -0.3 is 4.84 Å². The monoisotopic (exact) mass is 125 g/mol. The van der Waals surface area contributed by atoms with Crippen LogP contribution in [0, 0.1) is 0 Å². The number of nitrogens with one attached hydrogen (secondary N) is 1. The SMILES string of the molecule is O=C1C/C=C\C=C/ON1. The molecule has 0 saturated carbocycles. The van der Waals surface area contributed by atoms with Crippen LogP contribution in [0.1, 0.15) is 6.42 Å². The first-order valence-electron chi connectivity index (χ1n) is 2.66. The average Bonchev–Trinajstić information content (AvgIpc) is 1.79. The van der Waals surface area contributed by atoms with Gasteiger partial charge in [-0.25, -0.2) is 0 Å². The van der Waals surface area contributed by atoms with E-state index in [1.807, 2.05) is 0 Å². The maximum absolute atomic E-state index is 10.5. The Kier molecular flexibility index (Phi) is 1.90. The number of allylic oxidation sites excluding steroid dienone is 2. The van der Waals surface area contributed by atoms with Crippen molar-refractivity contribution in [2.24, 2.45) is 0 Å². The van der Waals surface area contributed by atoms with Gasteiger partial charge in [0.1, 0.15) is 6.26 Å². The summed E-state index contributed by atoms with van der Waals surface area (Å²) < 4.78 is 0. The van der Waals surface area contributed by atoms with E-state index in [0.29, 0.717) is 6.42 Å². The van der Waals surface area contributed by atoms with Gasteiger partial charge in [-0.1, -0.05) is 12.2 Å². The van der Waals surface area contributed by atoms with Gasteiger partial charge in [0.2, 0.25) is 0 Å². The number of hydroxylamine groups is 1. The standard InChI is InChI=1S/C6H7NO2/c8-6-4-2-1-3-5-9-7-6/h1-3,5H,4H2,(H,7,8)/b2-1-,5-3-. The van der Waals surface area contributed by atoms with E-state index in [-0.39, 0.29) is 5.91 Å². The first-order valence-corrected chi connectivity index (χ1v) is 2.66. The molecule has 1 rings (SSSR count). The summed E-state index contributed by atoms with van der Waals surface area (Å²) in [4.78, 5) is 15.1. The maximum atomic E-state index is 10.5. The second-order valence-corrected chi connectivity index (χ2v) is 1.60. The summed E-state index contributed by atoms with van der Waals surface area (Å²) in [6.45, 7) is 0. The van der Waals surface area contributed by atoms with Gasteiger partial charge in [-0.3, -0.25) is 4.79 Å². The van der Waals surface area contributed by atoms with Crippen LogP contribution in [0.3, 0.4) is 0 Å². The van der Waals surface area contributed by atoms with E-state index in [1.54, 1.807) is 18.2 Å². The van der Waals surface area contributed by atoms with Crippen molar-refractivity contribution in [2.75, 3.05) is 0 Å². The van der Waals surface area contributed by atoms with Crippen molar-refractivity contribution in [2.45, 2.75) is 6.42 Å². The van der Waals surface area contributed by atoms with Crippen molar-refractivity contribution in [3.63, 3.8) is 0 Å². The lowest BCUT2D eigenvalue weighted by Gasteiger charge is -2.00. The zero-order valence-corrected chi connectivity index (χ0v) is 4.83. The fourth-order valence-electron chi connectivity index (χ4n) is 0.480. The third-order valence-corrected chi connectivity index (χ3v) is 0.870. The Morgan fingerprint density at radius 2 is 2.44 bits per heavy atom. The van der Waals surface area contributed by atoms with Gasteiger partial charge in [0.15, 0.2) is 0 Å². The minimum absolute atomic E-state index is 0.129. The number of amides is 1. The highest BCUT2D eigenvalue weighted by atomic mass is 16.6. The molecule has 3 heteroatoms. The highest BCUT2D eigenvalue weighted by molar-refractivity contribution is 5.76. The number of carbonyl (C=O) groups excluding carboxylic acids is 1. The molecular formula is C6H7NO2. The Labute approximate surface area is 53.0 Å². The molecule has 0 aliphatic carbocycles. The molecule has 0 aromatic rings. The second kappa shape index (κ2) is 2.91. The maximum Gasteiger partial charge on any atom is 0.256 e. The van der Waals surface area contributed by atoms with E-state index >= 15 is 0 Å². The van der Waals surface area contributed by atoms with Crippen LogP contribution in [0.2, 0.25) is 0 Å². The molecule has 0 saturated heterocycles. The molecule has 0 spiro atoms. The average molecular weight is 125 g/mol. The van der Waals surface area contributed by atoms with Crippen molar-refractivity contribution < 1.29 is 9.63 Å². The minimum atomic E-state index is -0.129. The summed E-state index contributed by atoms with van der Waals surface area (Å²) in [6.07, 6.45) is 7.02. The smallest absolute Gasteiger partial charge is 0.256 e. The molecule has 0 radical (unpaired) electrons. The molecule has 0 bridgehead atoms. The van der Waals surface area contributed by atoms with Crippen molar-refractivity contribution in [1.82, 2.24) is 5.48 Å². The molecule has 0 unspecified atom stereocenters. The molecule has 48 valence electrons. The fraction of sp³-hybridized carbons (Fsp3) is 0.167. The zero-order chi connectivity index (χ0) is 6.53. The quantitative estimate of drug-likeness (QED) is 0.512. The first-order chi connectivity index (χ1) is 4.39. The van der Waals surface area contributed by atoms with E-state index in [0.717, 1.165) is 0 Å². The molecule has 0 atom stereocenters. The van der Waals surface area contributed by atoms with Crippen molar-refractivity contribution in [3.05, 3.63) is 24.5 Å². The first kappa shape index (κ1) is 5.88.